The van der Waals surface area contributed by atoms with E-state index in [9.17, 15) is 9.59 Å². The summed E-state index contributed by atoms with van der Waals surface area (Å²) in [7, 11) is 1.73. The zero-order valence-electron chi connectivity index (χ0n) is 16.4. The standard InChI is InChI=1S/C22H26N2O5/c1-23(16-20(25)26)14-19-15-24(12-13-28-19)22(27)21(17-8-4-2-5-9-17)29-18-10-6-3-7-11-18/h2-11,19,21H,12-16H2,1H3,(H,25,26). The molecule has 2 aromatic carbocycles. The average Bonchev–Trinajstić information content (AvgIpc) is 2.72. The number of carboxylic acids is 1. The second-order valence-electron chi connectivity index (χ2n) is 7.09. The van der Waals surface area contributed by atoms with Crippen LogP contribution in [0.2, 0.25) is 0 Å². The molecule has 1 aliphatic rings. The van der Waals surface area contributed by atoms with Crippen molar-refractivity contribution in [2.45, 2.75) is 12.2 Å². The van der Waals surface area contributed by atoms with E-state index >= 15 is 0 Å². The highest BCUT2D eigenvalue weighted by Crippen LogP contribution is 2.25. The Morgan fingerprint density at radius 3 is 2.48 bits per heavy atom. The minimum atomic E-state index is -0.892. The number of aliphatic carboxylic acids is 1. The smallest absolute Gasteiger partial charge is 0.317 e. The lowest BCUT2D eigenvalue weighted by molar-refractivity contribution is -0.148. The zero-order chi connectivity index (χ0) is 20.6. The highest BCUT2D eigenvalue weighted by Gasteiger charge is 2.32. The summed E-state index contributed by atoms with van der Waals surface area (Å²) in [6, 6.07) is 18.7. The Labute approximate surface area is 170 Å². The summed E-state index contributed by atoms with van der Waals surface area (Å²) >= 11 is 0. The van der Waals surface area contributed by atoms with Crippen LogP contribution in [0.5, 0.6) is 5.75 Å². The van der Waals surface area contributed by atoms with Crippen LogP contribution in [0.4, 0.5) is 0 Å². The molecule has 1 saturated heterocycles. The van der Waals surface area contributed by atoms with Gasteiger partial charge in [-0.15, -0.1) is 0 Å². The lowest BCUT2D eigenvalue weighted by Gasteiger charge is -2.36. The number of likely N-dealkylation sites (N-methyl/N-ethyl adjacent to an activating group) is 1. The molecule has 0 aromatic heterocycles. The number of para-hydroxylation sites is 1. The summed E-state index contributed by atoms with van der Waals surface area (Å²) in [6.45, 7) is 1.64. The van der Waals surface area contributed by atoms with Gasteiger partial charge >= 0.3 is 5.97 Å². The van der Waals surface area contributed by atoms with Crippen molar-refractivity contribution in [2.24, 2.45) is 0 Å². The lowest BCUT2D eigenvalue weighted by Crippen LogP contribution is -2.51. The van der Waals surface area contributed by atoms with Gasteiger partial charge in [0.25, 0.3) is 5.91 Å². The second kappa shape index (κ2) is 10.0. The molecule has 154 valence electrons. The maximum Gasteiger partial charge on any atom is 0.317 e. The SMILES string of the molecule is CN(CC(=O)O)CC1CN(C(=O)C(Oc2ccccc2)c2ccccc2)CCO1. The van der Waals surface area contributed by atoms with Crippen LogP contribution in [-0.2, 0) is 14.3 Å². The number of carboxylic acid groups (broad SMARTS) is 1. The molecule has 0 saturated carbocycles. The fourth-order valence-corrected chi connectivity index (χ4v) is 3.36. The number of ether oxygens (including phenoxy) is 2. The number of carbonyl (C=O) groups excluding carboxylic acids is 1. The predicted octanol–water partition coefficient (Wildman–Crippen LogP) is 2.05. The van der Waals surface area contributed by atoms with Crippen LogP contribution < -0.4 is 4.74 Å². The maximum absolute atomic E-state index is 13.3. The Bertz CT molecular complexity index is 799. The van der Waals surface area contributed by atoms with Crippen molar-refractivity contribution in [1.82, 2.24) is 9.80 Å². The summed E-state index contributed by atoms with van der Waals surface area (Å²) in [5.41, 5.74) is 0.785. The molecule has 7 heteroatoms. The second-order valence-corrected chi connectivity index (χ2v) is 7.09. The van der Waals surface area contributed by atoms with E-state index in [-0.39, 0.29) is 18.6 Å². The molecule has 0 aliphatic carbocycles. The van der Waals surface area contributed by atoms with Crippen LogP contribution in [0.3, 0.4) is 0 Å². The van der Waals surface area contributed by atoms with E-state index in [4.69, 9.17) is 14.6 Å². The van der Waals surface area contributed by atoms with Crippen molar-refractivity contribution in [3.8, 4) is 5.75 Å². The third kappa shape index (κ3) is 6.04. The summed E-state index contributed by atoms with van der Waals surface area (Å²) in [6.07, 6.45) is -1.00. The van der Waals surface area contributed by atoms with E-state index in [1.54, 1.807) is 16.8 Å². The molecule has 3 rings (SSSR count). The van der Waals surface area contributed by atoms with Crippen molar-refractivity contribution in [3.05, 3.63) is 66.2 Å². The van der Waals surface area contributed by atoms with Gasteiger partial charge in [0.15, 0.2) is 0 Å². The van der Waals surface area contributed by atoms with E-state index in [1.165, 1.54) is 0 Å². The van der Waals surface area contributed by atoms with E-state index in [0.29, 0.717) is 32.0 Å². The Morgan fingerprint density at radius 2 is 1.83 bits per heavy atom. The molecular formula is C22H26N2O5. The normalized spacial score (nSPS) is 17.7. The molecule has 1 heterocycles. The van der Waals surface area contributed by atoms with E-state index in [2.05, 4.69) is 0 Å². The van der Waals surface area contributed by atoms with Gasteiger partial charge in [-0.05, 0) is 19.2 Å². The van der Waals surface area contributed by atoms with E-state index < -0.39 is 12.1 Å². The Kier molecular flexibility index (Phi) is 7.21. The van der Waals surface area contributed by atoms with Gasteiger partial charge < -0.3 is 19.5 Å². The third-order valence-electron chi connectivity index (χ3n) is 4.69. The molecule has 2 aromatic rings. The first-order valence-electron chi connectivity index (χ1n) is 9.60. The first-order chi connectivity index (χ1) is 14.0. The number of hydrogen-bond donors (Lipinski definition) is 1. The van der Waals surface area contributed by atoms with Crippen molar-refractivity contribution in [1.29, 1.82) is 0 Å². The maximum atomic E-state index is 13.3. The largest absolute Gasteiger partial charge is 0.480 e. The molecular weight excluding hydrogens is 372 g/mol. The van der Waals surface area contributed by atoms with Crippen molar-refractivity contribution in [2.75, 3.05) is 39.8 Å². The zero-order valence-corrected chi connectivity index (χ0v) is 16.4. The molecule has 29 heavy (non-hydrogen) atoms. The fraction of sp³-hybridized carbons (Fsp3) is 0.364. The average molecular weight is 398 g/mol. The van der Waals surface area contributed by atoms with Gasteiger partial charge in [-0.3, -0.25) is 14.5 Å². The molecule has 0 spiro atoms. The topological polar surface area (TPSA) is 79.3 Å². The summed E-state index contributed by atoms with van der Waals surface area (Å²) in [5, 5.41) is 8.93. The van der Waals surface area contributed by atoms with Gasteiger partial charge in [0, 0.05) is 25.2 Å². The lowest BCUT2D eigenvalue weighted by atomic mass is 10.1. The highest BCUT2D eigenvalue weighted by atomic mass is 16.5. The van der Waals surface area contributed by atoms with Gasteiger partial charge in [0.2, 0.25) is 6.10 Å². The van der Waals surface area contributed by atoms with Crippen molar-refractivity contribution < 1.29 is 24.2 Å². The molecule has 1 fully saturated rings. The highest BCUT2D eigenvalue weighted by molar-refractivity contribution is 5.83. The summed E-state index contributed by atoms with van der Waals surface area (Å²) in [5.74, 6) is -0.397. The molecule has 7 nitrogen and oxygen atoms in total. The number of morpholine rings is 1. The van der Waals surface area contributed by atoms with Gasteiger partial charge in [0.05, 0.1) is 19.3 Å². The Balaban J connectivity index is 1.72. The Morgan fingerprint density at radius 1 is 1.17 bits per heavy atom. The number of amides is 1. The number of rotatable bonds is 8. The predicted molar refractivity (Wildman–Crippen MR) is 108 cm³/mol. The van der Waals surface area contributed by atoms with Crippen LogP contribution in [0.1, 0.15) is 11.7 Å². The number of carbonyl (C=O) groups is 2. The van der Waals surface area contributed by atoms with Gasteiger partial charge in [0.1, 0.15) is 5.75 Å². The molecule has 0 bridgehead atoms. The van der Waals surface area contributed by atoms with Crippen LogP contribution in [-0.4, -0.2) is 72.7 Å². The number of nitrogens with zero attached hydrogens (tertiary/aromatic N) is 2. The first kappa shape index (κ1) is 20.8. The summed E-state index contributed by atoms with van der Waals surface area (Å²) < 4.78 is 11.8. The Hall–Kier alpha value is -2.90. The molecule has 2 unspecified atom stereocenters. The van der Waals surface area contributed by atoms with Crippen molar-refractivity contribution in [3.63, 3.8) is 0 Å². The van der Waals surface area contributed by atoms with Crippen LogP contribution in [0.15, 0.2) is 60.7 Å². The third-order valence-corrected chi connectivity index (χ3v) is 4.69. The summed E-state index contributed by atoms with van der Waals surface area (Å²) in [4.78, 5) is 27.6. The van der Waals surface area contributed by atoms with Gasteiger partial charge in [-0.1, -0.05) is 48.5 Å². The van der Waals surface area contributed by atoms with E-state index in [0.717, 1.165) is 5.56 Å². The quantitative estimate of drug-likeness (QED) is 0.733. The van der Waals surface area contributed by atoms with Crippen LogP contribution in [0.25, 0.3) is 0 Å². The van der Waals surface area contributed by atoms with E-state index in [1.807, 2.05) is 60.7 Å². The van der Waals surface area contributed by atoms with Crippen LogP contribution in [0, 0.1) is 0 Å². The molecule has 1 amide bonds. The molecule has 0 radical (unpaired) electrons. The monoisotopic (exact) mass is 398 g/mol. The van der Waals surface area contributed by atoms with Crippen molar-refractivity contribution >= 4 is 11.9 Å². The number of benzene rings is 2. The minimum Gasteiger partial charge on any atom is -0.480 e. The fourth-order valence-electron chi connectivity index (χ4n) is 3.36. The minimum absolute atomic E-state index is 0.0719. The molecule has 2 atom stereocenters. The molecule has 1 aliphatic heterocycles. The van der Waals surface area contributed by atoms with Crippen LogP contribution >= 0.6 is 0 Å². The number of hydrogen-bond acceptors (Lipinski definition) is 5. The first-order valence-corrected chi connectivity index (χ1v) is 9.60. The van der Waals surface area contributed by atoms with Gasteiger partial charge in [-0.25, -0.2) is 0 Å². The van der Waals surface area contributed by atoms with Gasteiger partial charge in [-0.2, -0.15) is 0 Å². The molecule has 1 N–H and O–H groups in total.